The van der Waals surface area contributed by atoms with E-state index >= 15 is 0 Å². The van der Waals surface area contributed by atoms with Crippen LogP contribution in [0.1, 0.15) is 29.1 Å². The second-order valence-corrected chi connectivity index (χ2v) is 3.91. The molecule has 1 aliphatic rings. The van der Waals surface area contributed by atoms with Crippen molar-refractivity contribution < 1.29 is 9.90 Å². The maximum Gasteiger partial charge on any atom is 0.356 e. The van der Waals surface area contributed by atoms with Crippen molar-refractivity contribution in [2.24, 2.45) is 0 Å². The van der Waals surface area contributed by atoms with Crippen molar-refractivity contribution in [1.29, 1.82) is 0 Å². The third-order valence-electron chi connectivity index (χ3n) is 2.85. The van der Waals surface area contributed by atoms with Gasteiger partial charge in [-0.1, -0.05) is 0 Å². The maximum atomic E-state index is 11.1. The second kappa shape index (κ2) is 3.31. The first-order valence-electron chi connectivity index (χ1n) is 5.20. The average Bonchev–Trinajstić information content (AvgIpc) is 2.74. The van der Waals surface area contributed by atoms with E-state index in [-0.39, 0.29) is 11.7 Å². The van der Waals surface area contributed by atoms with Gasteiger partial charge in [0.15, 0.2) is 5.69 Å². The number of carboxylic acid groups (broad SMARTS) is 1. The van der Waals surface area contributed by atoms with Gasteiger partial charge in [-0.15, -0.1) is 0 Å². The number of carboxylic acids is 1. The fraction of sp³-hybridized carbons (Fsp3) is 0.182. The predicted molar refractivity (Wildman–Crippen MR) is 60.4 cm³/mol. The van der Waals surface area contributed by atoms with Crippen LogP contribution in [0.4, 0.5) is 5.69 Å². The van der Waals surface area contributed by atoms with E-state index in [2.05, 4.69) is 15.3 Å². The zero-order valence-electron chi connectivity index (χ0n) is 9.08. The number of aromatic carboxylic acids is 1. The van der Waals surface area contributed by atoms with Crippen LogP contribution in [0.15, 0.2) is 24.8 Å². The van der Waals surface area contributed by atoms with E-state index in [1.807, 2.05) is 13.0 Å². The molecule has 2 aromatic heterocycles. The minimum atomic E-state index is -1.01. The second-order valence-electron chi connectivity index (χ2n) is 3.91. The molecule has 6 heteroatoms. The van der Waals surface area contributed by atoms with E-state index in [1.54, 1.807) is 17.0 Å². The molecule has 0 aromatic carbocycles. The first-order chi connectivity index (χ1) is 8.18. The standard InChI is InChI=1S/C11H10N4O2/c1-6-10-9(11(16)17)13-5-15(10)8-4-12-3-2-7(8)14-6/h2-6,14H,1H3,(H,16,17). The summed E-state index contributed by atoms with van der Waals surface area (Å²) in [6.45, 7) is 1.91. The number of hydrogen-bond acceptors (Lipinski definition) is 4. The number of imidazole rings is 1. The highest BCUT2D eigenvalue weighted by atomic mass is 16.4. The van der Waals surface area contributed by atoms with Crippen molar-refractivity contribution >= 4 is 11.7 Å². The Morgan fingerprint density at radius 3 is 3.18 bits per heavy atom. The van der Waals surface area contributed by atoms with Gasteiger partial charge in [-0.05, 0) is 13.0 Å². The van der Waals surface area contributed by atoms with E-state index in [0.29, 0.717) is 5.69 Å². The molecule has 0 amide bonds. The fourth-order valence-corrected chi connectivity index (χ4v) is 2.13. The van der Waals surface area contributed by atoms with Crippen LogP contribution in [0.2, 0.25) is 0 Å². The molecule has 0 saturated carbocycles. The summed E-state index contributed by atoms with van der Waals surface area (Å²) in [5.74, 6) is -1.01. The van der Waals surface area contributed by atoms with Crippen LogP contribution in [-0.4, -0.2) is 25.6 Å². The quantitative estimate of drug-likeness (QED) is 0.775. The van der Waals surface area contributed by atoms with Crippen molar-refractivity contribution in [3.05, 3.63) is 36.2 Å². The van der Waals surface area contributed by atoms with E-state index in [1.165, 1.54) is 6.33 Å². The van der Waals surface area contributed by atoms with Crippen molar-refractivity contribution in [3.63, 3.8) is 0 Å². The topological polar surface area (TPSA) is 80.0 Å². The molecule has 1 atom stereocenters. The van der Waals surface area contributed by atoms with E-state index in [9.17, 15) is 4.79 Å². The SMILES string of the molecule is CC1Nc2ccncc2-n2cnc(C(=O)O)c21. The number of fused-ring (bicyclic) bond motifs is 3. The van der Waals surface area contributed by atoms with E-state index in [4.69, 9.17) is 5.11 Å². The van der Waals surface area contributed by atoms with Gasteiger partial charge in [0.1, 0.15) is 6.33 Å². The van der Waals surface area contributed by atoms with Gasteiger partial charge < -0.3 is 10.4 Å². The summed E-state index contributed by atoms with van der Waals surface area (Å²) in [5.41, 5.74) is 2.48. The number of pyridine rings is 1. The summed E-state index contributed by atoms with van der Waals surface area (Å²) >= 11 is 0. The molecule has 1 unspecified atom stereocenters. The largest absolute Gasteiger partial charge is 0.476 e. The van der Waals surface area contributed by atoms with E-state index in [0.717, 1.165) is 11.4 Å². The van der Waals surface area contributed by atoms with Crippen molar-refractivity contribution in [1.82, 2.24) is 14.5 Å². The number of anilines is 1. The highest BCUT2D eigenvalue weighted by Crippen LogP contribution is 2.33. The van der Waals surface area contributed by atoms with Crippen LogP contribution < -0.4 is 5.32 Å². The molecule has 17 heavy (non-hydrogen) atoms. The minimum absolute atomic E-state index is 0.0829. The Morgan fingerprint density at radius 2 is 2.41 bits per heavy atom. The summed E-state index contributed by atoms with van der Waals surface area (Å²) in [5, 5.41) is 12.3. The van der Waals surface area contributed by atoms with Crippen molar-refractivity contribution in [3.8, 4) is 5.69 Å². The molecular weight excluding hydrogens is 220 g/mol. The molecule has 0 bridgehead atoms. The number of nitrogens with zero attached hydrogens (tertiary/aromatic N) is 3. The Balaban J connectivity index is 2.27. The number of hydrogen-bond donors (Lipinski definition) is 2. The van der Waals surface area contributed by atoms with Gasteiger partial charge in [0.05, 0.1) is 29.3 Å². The summed E-state index contributed by atoms with van der Waals surface area (Å²) in [6, 6.07) is 1.76. The first-order valence-corrected chi connectivity index (χ1v) is 5.20. The molecule has 3 heterocycles. The molecule has 86 valence electrons. The lowest BCUT2D eigenvalue weighted by Gasteiger charge is -2.26. The number of nitrogens with one attached hydrogen (secondary N) is 1. The number of carbonyl (C=O) groups is 1. The van der Waals surface area contributed by atoms with E-state index < -0.39 is 5.97 Å². The zero-order valence-corrected chi connectivity index (χ0v) is 9.08. The van der Waals surface area contributed by atoms with Crippen LogP contribution >= 0.6 is 0 Å². The van der Waals surface area contributed by atoms with Crippen LogP contribution in [0.25, 0.3) is 5.69 Å². The third-order valence-corrected chi connectivity index (χ3v) is 2.85. The lowest BCUT2D eigenvalue weighted by atomic mass is 10.1. The Hall–Kier alpha value is -2.37. The molecule has 0 saturated heterocycles. The monoisotopic (exact) mass is 230 g/mol. The van der Waals surface area contributed by atoms with Crippen LogP contribution in [0, 0.1) is 0 Å². The van der Waals surface area contributed by atoms with Crippen LogP contribution in [0.5, 0.6) is 0 Å². The van der Waals surface area contributed by atoms with Gasteiger partial charge in [-0.3, -0.25) is 9.55 Å². The molecule has 0 radical (unpaired) electrons. The summed E-state index contributed by atoms with van der Waals surface area (Å²) in [7, 11) is 0. The van der Waals surface area contributed by atoms with Crippen molar-refractivity contribution in [2.45, 2.75) is 13.0 Å². The van der Waals surface area contributed by atoms with Gasteiger partial charge in [0.25, 0.3) is 0 Å². The molecule has 0 aliphatic carbocycles. The molecular formula is C11H10N4O2. The highest BCUT2D eigenvalue weighted by molar-refractivity contribution is 5.88. The highest BCUT2D eigenvalue weighted by Gasteiger charge is 2.27. The average molecular weight is 230 g/mol. The molecule has 0 fully saturated rings. The Bertz CT molecular complexity index is 605. The predicted octanol–water partition coefficient (Wildman–Crippen LogP) is 1.45. The van der Waals surface area contributed by atoms with Crippen LogP contribution in [0.3, 0.4) is 0 Å². The molecule has 6 nitrogen and oxygen atoms in total. The molecule has 2 aromatic rings. The van der Waals surface area contributed by atoms with Gasteiger partial charge in [-0.2, -0.15) is 0 Å². The Morgan fingerprint density at radius 1 is 1.59 bits per heavy atom. The minimum Gasteiger partial charge on any atom is -0.476 e. The fourth-order valence-electron chi connectivity index (χ4n) is 2.13. The zero-order chi connectivity index (χ0) is 12.0. The van der Waals surface area contributed by atoms with Crippen LogP contribution in [-0.2, 0) is 0 Å². The van der Waals surface area contributed by atoms with Gasteiger partial charge in [0.2, 0.25) is 0 Å². The normalized spacial score (nSPS) is 16.9. The van der Waals surface area contributed by atoms with Gasteiger partial charge in [-0.25, -0.2) is 9.78 Å². The molecule has 2 N–H and O–H groups in total. The lowest BCUT2D eigenvalue weighted by Crippen LogP contribution is -2.21. The Labute approximate surface area is 96.9 Å². The number of aromatic nitrogens is 3. The third kappa shape index (κ3) is 1.30. The summed E-state index contributed by atoms with van der Waals surface area (Å²) in [4.78, 5) is 19.1. The molecule has 0 spiro atoms. The maximum absolute atomic E-state index is 11.1. The smallest absolute Gasteiger partial charge is 0.356 e. The number of rotatable bonds is 1. The lowest BCUT2D eigenvalue weighted by molar-refractivity contribution is 0.0689. The molecule has 3 rings (SSSR count). The van der Waals surface area contributed by atoms with Gasteiger partial charge in [0, 0.05) is 6.20 Å². The summed E-state index contributed by atoms with van der Waals surface area (Å²) in [6.07, 6.45) is 4.90. The first kappa shape index (κ1) is 9.83. The Kier molecular flexibility index (Phi) is 1.91. The van der Waals surface area contributed by atoms with Crippen molar-refractivity contribution in [2.75, 3.05) is 5.32 Å². The molecule has 1 aliphatic heterocycles. The summed E-state index contributed by atoms with van der Waals surface area (Å²) < 4.78 is 1.77. The van der Waals surface area contributed by atoms with Gasteiger partial charge >= 0.3 is 5.97 Å².